The molecule has 1 fully saturated rings. The van der Waals surface area contributed by atoms with Crippen molar-refractivity contribution in [2.75, 3.05) is 6.54 Å². The average molecular weight is 226 g/mol. The molecule has 3 heteroatoms. The van der Waals surface area contributed by atoms with Gasteiger partial charge in [-0.3, -0.25) is 4.79 Å². The molecule has 1 amide bonds. The monoisotopic (exact) mass is 226 g/mol. The molecular weight excluding hydrogens is 200 g/mol. The SMILES string of the molecule is CCCCC(N)C(=O)N1CCC(C)CC1C. The Morgan fingerprint density at radius 1 is 1.50 bits per heavy atom. The van der Waals surface area contributed by atoms with Gasteiger partial charge in [-0.05, 0) is 32.1 Å². The van der Waals surface area contributed by atoms with Gasteiger partial charge in [-0.15, -0.1) is 0 Å². The average Bonchev–Trinajstić information content (AvgIpc) is 2.25. The first-order valence-corrected chi connectivity index (χ1v) is 6.62. The maximum atomic E-state index is 12.1. The first kappa shape index (κ1) is 13.5. The number of rotatable bonds is 4. The van der Waals surface area contributed by atoms with Crippen LogP contribution in [0.3, 0.4) is 0 Å². The highest BCUT2D eigenvalue weighted by molar-refractivity contribution is 5.82. The smallest absolute Gasteiger partial charge is 0.239 e. The summed E-state index contributed by atoms with van der Waals surface area (Å²) >= 11 is 0. The van der Waals surface area contributed by atoms with Gasteiger partial charge in [0, 0.05) is 12.6 Å². The minimum Gasteiger partial charge on any atom is -0.339 e. The molecule has 1 heterocycles. The zero-order valence-electron chi connectivity index (χ0n) is 10.9. The van der Waals surface area contributed by atoms with Crippen molar-refractivity contribution in [3.8, 4) is 0 Å². The largest absolute Gasteiger partial charge is 0.339 e. The summed E-state index contributed by atoms with van der Waals surface area (Å²) in [6.45, 7) is 7.42. The summed E-state index contributed by atoms with van der Waals surface area (Å²) in [6.07, 6.45) is 5.22. The van der Waals surface area contributed by atoms with Crippen LogP contribution in [0.15, 0.2) is 0 Å². The number of carbonyl (C=O) groups is 1. The number of piperidine rings is 1. The number of hydrogen-bond donors (Lipinski definition) is 1. The molecule has 0 aromatic rings. The van der Waals surface area contributed by atoms with Crippen LogP contribution in [0.1, 0.15) is 52.9 Å². The zero-order chi connectivity index (χ0) is 12.1. The molecule has 1 aliphatic heterocycles. The van der Waals surface area contributed by atoms with Crippen molar-refractivity contribution < 1.29 is 4.79 Å². The van der Waals surface area contributed by atoms with E-state index >= 15 is 0 Å². The van der Waals surface area contributed by atoms with Crippen LogP contribution >= 0.6 is 0 Å². The highest BCUT2D eigenvalue weighted by atomic mass is 16.2. The van der Waals surface area contributed by atoms with E-state index in [1.165, 1.54) is 0 Å². The fourth-order valence-electron chi connectivity index (χ4n) is 2.50. The summed E-state index contributed by atoms with van der Waals surface area (Å²) in [5, 5.41) is 0. The molecular formula is C13H26N2O. The molecule has 0 spiro atoms. The molecule has 1 saturated heterocycles. The van der Waals surface area contributed by atoms with Gasteiger partial charge in [-0.25, -0.2) is 0 Å². The quantitative estimate of drug-likeness (QED) is 0.798. The van der Waals surface area contributed by atoms with Gasteiger partial charge in [0.05, 0.1) is 6.04 Å². The lowest BCUT2D eigenvalue weighted by Gasteiger charge is -2.38. The molecule has 0 bridgehead atoms. The van der Waals surface area contributed by atoms with Gasteiger partial charge < -0.3 is 10.6 Å². The zero-order valence-corrected chi connectivity index (χ0v) is 10.9. The predicted molar refractivity (Wildman–Crippen MR) is 67.1 cm³/mol. The van der Waals surface area contributed by atoms with E-state index in [2.05, 4.69) is 20.8 Å². The van der Waals surface area contributed by atoms with Gasteiger partial charge in [-0.1, -0.05) is 26.7 Å². The van der Waals surface area contributed by atoms with Crippen molar-refractivity contribution in [1.29, 1.82) is 0 Å². The molecule has 3 atom stereocenters. The third kappa shape index (κ3) is 3.48. The molecule has 0 aromatic heterocycles. The van der Waals surface area contributed by atoms with Gasteiger partial charge in [0.2, 0.25) is 5.91 Å². The number of carbonyl (C=O) groups excluding carboxylic acids is 1. The van der Waals surface area contributed by atoms with Crippen LogP contribution in [-0.2, 0) is 4.79 Å². The van der Waals surface area contributed by atoms with Crippen LogP contribution in [0.2, 0.25) is 0 Å². The second-order valence-electron chi connectivity index (χ2n) is 5.26. The molecule has 3 nitrogen and oxygen atoms in total. The minimum absolute atomic E-state index is 0.160. The van der Waals surface area contributed by atoms with E-state index < -0.39 is 0 Å². The Morgan fingerprint density at radius 2 is 2.19 bits per heavy atom. The van der Waals surface area contributed by atoms with E-state index in [0.29, 0.717) is 6.04 Å². The van der Waals surface area contributed by atoms with Crippen molar-refractivity contribution in [2.45, 2.75) is 65.0 Å². The van der Waals surface area contributed by atoms with E-state index in [4.69, 9.17) is 5.73 Å². The fraction of sp³-hybridized carbons (Fsp3) is 0.923. The molecule has 0 saturated carbocycles. The van der Waals surface area contributed by atoms with Crippen LogP contribution in [0.4, 0.5) is 0 Å². The van der Waals surface area contributed by atoms with E-state index in [1.807, 2.05) is 4.90 Å². The van der Waals surface area contributed by atoms with Crippen molar-refractivity contribution in [3.05, 3.63) is 0 Å². The lowest BCUT2D eigenvalue weighted by atomic mass is 9.92. The topological polar surface area (TPSA) is 46.3 Å². The summed E-state index contributed by atoms with van der Waals surface area (Å²) in [6, 6.07) is 0.0831. The van der Waals surface area contributed by atoms with Crippen molar-refractivity contribution in [1.82, 2.24) is 4.90 Å². The second-order valence-corrected chi connectivity index (χ2v) is 5.26. The van der Waals surface area contributed by atoms with Gasteiger partial charge in [0.15, 0.2) is 0 Å². The predicted octanol–water partition coefficient (Wildman–Crippen LogP) is 2.15. The number of nitrogens with two attached hydrogens (primary N) is 1. The Hall–Kier alpha value is -0.570. The number of hydrogen-bond acceptors (Lipinski definition) is 2. The van der Waals surface area contributed by atoms with Crippen molar-refractivity contribution in [3.63, 3.8) is 0 Å². The molecule has 16 heavy (non-hydrogen) atoms. The van der Waals surface area contributed by atoms with Gasteiger partial charge in [0.1, 0.15) is 0 Å². The van der Waals surface area contributed by atoms with Crippen LogP contribution in [0.25, 0.3) is 0 Å². The Bertz CT molecular complexity index is 230. The number of nitrogens with zero attached hydrogens (tertiary/aromatic N) is 1. The molecule has 0 aliphatic carbocycles. The summed E-state index contributed by atoms with van der Waals surface area (Å²) in [7, 11) is 0. The van der Waals surface area contributed by atoms with Crippen LogP contribution < -0.4 is 5.73 Å². The molecule has 0 aromatic carbocycles. The van der Waals surface area contributed by atoms with Crippen LogP contribution in [-0.4, -0.2) is 29.4 Å². The second kappa shape index (κ2) is 6.24. The first-order valence-electron chi connectivity index (χ1n) is 6.62. The van der Waals surface area contributed by atoms with E-state index in [-0.39, 0.29) is 11.9 Å². The summed E-state index contributed by atoms with van der Waals surface area (Å²) in [4.78, 5) is 14.1. The summed E-state index contributed by atoms with van der Waals surface area (Å²) in [5.41, 5.74) is 5.94. The van der Waals surface area contributed by atoms with Crippen LogP contribution in [0, 0.1) is 5.92 Å². The van der Waals surface area contributed by atoms with Crippen LogP contribution in [0.5, 0.6) is 0 Å². The molecule has 94 valence electrons. The number of unbranched alkanes of at least 4 members (excludes halogenated alkanes) is 1. The fourth-order valence-corrected chi connectivity index (χ4v) is 2.50. The maximum absolute atomic E-state index is 12.1. The Morgan fingerprint density at radius 3 is 2.75 bits per heavy atom. The van der Waals surface area contributed by atoms with E-state index in [9.17, 15) is 4.79 Å². The highest BCUT2D eigenvalue weighted by Gasteiger charge is 2.29. The minimum atomic E-state index is -0.282. The van der Waals surface area contributed by atoms with E-state index in [1.54, 1.807) is 0 Å². The third-order valence-corrected chi connectivity index (χ3v) is 3.61. The van der Waals surface area contributed by atoms with Crippen molar-refractivity contribution >= 4 is 5.91 Å². The number of likely N-dealkylation sites (tertiary alicyclic amines) is 1. The normalized spacial score (nSPS) is 27.9. The van der Waals surface area contributed by atoms with E-state index in [0.717, 1.165) is 44.6 Å². The molecule has 2 N–H and O–H groups in total. The summed E-state index contributed by atoms with van der Waals surface area (Å²) in [5.74, 6) is 0.902. The third-order valence-electron chi connectivity index (χ3n) is 3.61. The van der Waals surface area contributed by atoms with Gasteiger partial charge in [0.25, 0.3) is 0 Å². The first-order chi connectivity index (χ1) is 7.56. The maximum Gasteiger partial charge on any atom is 0.239 e. The Labute approximate surface area is 99.4 Å². The van der Waals surface area contributed by atoms with Crippen molar-refractivity contribution in [2.24, 2.45) is 11.7 Å². The van der Waals surface area contributed by atoms with Gasteiger partial charge in [-0.2, -0.15) is 0 Å². The number of amides is 1. The lowest BCUT2D eigenvalue weighted by molar-refractivity contribution is -0.136. The lowest BCUT2D eigenvalue weighted by Crippen LogP contribution is -2.50. The standard InChI is InChI=1S/C13H26N2O/c1-4-5-6-12(14)13(16)15-8-7-10(2)9-11(15)3/h10-12H,4-9,14H2,1-3H3. The van der Waals surface area contributed by atoms with Gasteiger partial charge >= 0.3 is 0 Å². The Balaban J connectivity index is 2.46. The highest BCUT2D eigenvalue weighted by Crippen LogP contribution is 2.22. The molecule has 3 unspecified atom stereocenters. The molecule has 1 aliphatic rings. The molecule has 1 rings (SSSR count). The summed E-state index contributed by atoms with van der Waals surface area (Å²) < 4.78 is 0. The molecule has 0 radical (unpaired) electrons. The Kier molecular flexibility index (Phi) is 5.26.